The molecule has 0 amide bonds. The molecule has 0 saturated heterocycles. The second-order valence-electron chi connectivity index (χ2n) is 3.19. The summed E-state index contributed by atoms with van der Waals surface area (Å²) in [5, 5.41) is 0.861. The SMILES string of the molecule is CCCCSC(CC)CCCN. The first-order chi connectivity index (χ1) is 5.85. The standard InChI is InChI=1S/C10H23NS/c1-3-5-9-12-10(4-2)7-6-8-11/h10H,3-9,11H2,1-2H3. The Bertz CT molecular complexity index is 85.9. The van der Waals surface area contributed by atoms with Crippen molar-refractivity contribution in [3.05, 3.63) is 0 Å². The lowest BCUT2D eigenvalue weighted by Gasteiger charge is -2.13. The molecule has 1 unspecified atom stereocenters. The zero-order valence-corrected chi connectivity index (χ0v) is 9.33. The Morgan fingerprint density at radius 1 is 1.25 bits per heavy atom. The van der Waals surface area contributed by atoms with Gasteiger partial charge in [0.05, 0.1) is 0 Å². The molecule has 74 valence electrons. The van der Waals surface area contributed by atoms with Crippen LogP contribution in [0.4, 0.5) is 0 Å². The van der Waals surface area contributed by atoms with Crippen LogP contribution in [0.25, 0.3) is 0 Å². The van der Waals surface area contributed by atoms with Crippen molar-refractivity contribution in [2.75, 3.05) is 12.3 Å². The molecule has 1 atom stereocenters. The van der Waals surface area contributed by atoms with Crippen molar-refractivity contribution in [3.8, 4) is 0 Å². The lowest BCUT2D eigenvalue weighted by Crippen LogP contribution is -2.06. The van der Waals surface area contributed by atoms with E-state index in [-0.39, 0.29) is 0 Å². The average molecular weight is 189 g/mol. The summed E-state index contributed by atoms with van der Waals surface area (Å²) in [6.45, 7) is 5.38. The van der Waals surface area contributed by atoms with E-state index < -0.39 is 0 Å². The molecule has 0 aromatic carbocycles. The molecule has 0 fully saturated rings. The Labute approximate surface area is 81.5 Å². The highest BCUT2D eigenvalue weighted by Crippen LogP contribution is 2.20. The van der Waals surface area contributed by atoms with E-state index in [1.165, 1.54) is 37.9 Å². The van der Waals surface area contributed by atoms with Crippen molar-refractivity contribution >= 4 is 11.8 Å². The molecule has 0 radical (unpaired) electrons. The van der Waals surface area contributed by atoms with Crippen molar-refractivity contribution in [3.63, 3.8) is 0 Å². The minimum atomic E-state index is 0.852. The Kier molecular flexibility index (Phi) is 9.64. The van der Waals surface area contributed by atoms with Crippen molar-refractivity contribution in [1.29, 1.82) is 0 Å². The van der Waals surface area contributed by atoms with Crippen LogP contribution in [0.3, 0.4) is 0 Å². The Hall–Kier alpha value is 0.310. The number of unbranched alkanes of at least 4 members (excludes halogenated alkanes) is 1. The van der Waals surface area contributed by atoms with Crippen molar-refractivity contribution in [2.45, 2.75) is 51.2 Å². The summed E-state index contributed by atoms with van der Waals surface area (Å²) in [5.74, 6) is 1.33. The Morgan fingerprint density at radius 3 is 2.50 bits per heavy atom. The van der Waals surface area contributed by atoms with E-state index in [9.17, 15) is 0 Å². The first kappa shape index (κ1) is 12.3. The third kappa shape index (κ3) is 6.99. The maximum atomic E-state index is 5.48. The van der Waals surface area contributed by atoms with Crippen molar-refractivity contribution in [2.24, 2.45) is 5.73 Å². The van der Waals surface area contributed by atoms with Crippen LogP contribution in [0, 0.1) is 0 Å². The van der Waals surface area contributed by atoms with E-state index in [4.69, 9.17) is 5.73 Å². The smallest absolute Gasteiger partial charge is 0.00449 e. The van der Waals surface area contributed by atoms with Gasteiger partial charge in [0, 0.05) is 5.25 Å². The highest BCUT2D eigenvalue weighted by Gasteiger charge is 2.04. The summed E-state index contributed by atoms with van der Waals surface area (Å²) in [6, 6.07) is 0. The molecular weight excluding hydrogens is 166 g/mol. The van der Waals surface area contributed by atoms with Gasteiger partial charge in [0.2, 0.25) is 0 Å². The largest absolute Gasteiger partial charge is 0.330 e. The molecule has 12 heavy (non-hydrogen) atoms. The van der Waals surface area contributed by atoms with Gasteiger partial charge in [-0.2, -0.15) is 11.8 Å². The third-order valence-electron chi connectivity index (χ3n) is 2.04. The fourth-order valence-electron chi connectivity index (χ4n) is 1.15. The maximum Gasteiger partial charge on any atom is 0.00449 e. The molecule has 0 saturated carbocycles. The Balaban J connectivity index is 3.26. The fraction of sp³-hybridized carbons (Fsp3) is 1.00. The molecule has 0 aliphatic heterocycles. The molecule has 0 aliphatic rings. The van der Waals surface area contributed by atoms with Gasteiger partial charge in [0.25, 0.3) is 0 Å². The van der Waals surface area contributed by atoms with Gasteiger partial charge in [0.1, 0.15) is 0 Å². The van der Waals surface area contributed by atoms with Gasteiger partial charge in [-0.15, -0.1) is 0 Å². The summed E-state index contributed by atoms with van der Waals surface area (Å²) in [7, 11) is 0. The molecule has 2 heteroatoms. The predicted molar refractivity (Wildman–Crippen MR) is 59.7 cm³/mol. The highest BCUT2D eigenvalue weighted by molar-refractivity contribution is 7.99. The predicted octanol–water partition coefficient (Wildman–Crippen LogP) is 3.04. The zero-order valence-electron chi connectivity index (χ0n) is 8.51. The molecule has 0 rings (SSSR count). The molecule has 0 aliphatic carbocycles. The minimum absolute atomic E-state index is 0.852. The first-order valence-corrected chi connectivity index (χ1v) is 6.21. The summed E-state index contributed by atoms with van der Waals surface area (Å²) in [5.41, 5.74) is 5.48. The highest BCUT2D eigenvalue weighted by atomic mass is 32.2. The van der Waals surface area contributed by atoms with Gasteiger partial charge in [0.15, 0.2) is 0 Å². The van der Waals surface area contributed by atoms with Crippen LogP contribution in [0.5, 0.6) is 0 Å². The number of hydrogen-bond acceptors (Lipinski definition) is 2. The number of nitrogens with two attached hydrogens (primary N) is 1. The van der Waals surface area contributed by atoms with Crippen LogP contribution in [0.15, 0.2) is 0 Å². The summed E-state index contributed by atoms with van der Waals surface area (Å²) in [6.07, 6.45) is 6.48. The molecule has 0 bridgehead atoms. The van der Waals surface area contributed by atoms with E-state index in [1.54, 1.807) is 0 Å². The van der Waals surface area contributed by atoms with Crippen molar-refractivity contribution < 1.29 is 0 Å². The molecule has 0 aromatic rings. The van der Waals surface area contributed by atoms with Gasteiger partial charge in [-0.3, -0.25) is 0 Å². The molecule has 2 N–H and O–H groups in total. The van der Waals surface area contributed by atoms with Crippen LogP contribution >= 0.6 is 11.8 Å². The lowest BCUT2D eigenvalue weighted by atomic mass is 10.2. The van der Waals surface area contributed by atoms with Crippen LogP contribution in [-0.2, 0) is 0 Å². The Morgan fingerprint density at radius 2 is 2.00 bits per heavy atom. The van der Waals surface area contributed by atoms with Crippen molar-refractivity contribution in [1.82, 2.24) is 0 Å². The number of thioether (sulfide) groups is 1. The molecule has 0 spiro atoms. The van der Waals surface area contributed by atoms with Crippen LogP contribution in [0.1, 0.15) is 46.0 Å². The van der Waals surface area contributed by atoms with E-state index >= 15 is 0 Å². The van der Waals surface area contributed by atoms with Gasteiger partial charge in [-0.1, -0.05) is 20.3 Å². The average Bonchev–Trinajstić information content (AvgIpc) is 2.11. The maximum absolute atomic E-state index is 5.48. The number of hydrogen-bond donors (Lipinski definition) is 1. The monoisotopic (exact) mass is 189 g/mol. The normalized spacial score (nSPS) is 13.2. The topological polar surface area (TPSA) is 26.0 Å². The van der Waals surface area contributed by atoms with Gasteiger partial charge in [-0.05, 0) is 38.0 Å². The van der Waals surface area contributed by atoms with E-state index in [2.05, 4.69) is 25.6 Å². The molecule has 0 aromatic heterocycles. The second-order valence-corrected chi connectivity index (χ2v) is 4.59. The molecule has 0 heterocycles. The van der Waals surface area contributed by atoms with Gasteiger partial charge < -0.3 is 5.73 Å². The summed E-state index contributed by atoms with van der Waals surface area (Å²) in [4.78, 5) is 0. The minimum Gasteiger partial charge on any atom is -0.330 e. The molecular formula is C10H23NS. The molecule has 1 nitrogen and oxygen atoms in total. The van der Waals surface area contributed by atoms with E-state index in [0.29, 0.717) is 0 Å². The fourth-order valence-corrected chi connectivity index (χ4v) is 2.50. The summed E-state index contributed by atoms with van der Waals surface area (Å²) >= 11 is 2.13. The zero-order chi connectivity index (χ0) is 9.23. The number of rotatable bonds is 8. The van der Waals surface area contributed by atoms with E-state index in [1.807, 2.05) is 0 Å². The second kappa shape index (κ2) is 9.40. The third-order valence-corrected chi connectivity index (χ3v) is 3.60. The van der Waals surface area contributed by atoms with Gasteiger partial charge in [-0.25, -0.2) is 0 Å². The lowest BCUT2D eigenvalue weighted by molar-refractivity contribution is 0.688. The van der Waals surface area contributed by atoms with Crippen LogP contribution < -0.4 is 5.73 Å². The van der Waals surface area contributed by atoms with Crippen LogP contribution in [-0.4, -0.2) is 17.5 Å². The first-order valence-electron chi connectivity index (χ1n) is 5.16. The van der Waals surface area contributed by atoms with Crippen LogP contribution in [0.2, 0.25) is 0 Å². The summed E-state index contributed by atoms with van der Waals surface area (Å²) < 4.78 is 0. The quantitative estimate of drug-likeness (QED) is 0.594. The van der Waals surface area contributed by atoms with Gasteiger partial charge >= 0.3 is 0 Å². The van der Waals surface area contributed by atoms with E-state index in [0.717, 1.165) is 11.8 Å².